The zero-order valence-corrected chi connectivity index (χ0v) is 17.2. The molecule has 2 aromatic carbocycles. The van der Waals surface area contributed by atoms with Crippen LogP contribution >= 0.6 is 15.9 Å². The number of likely N-dealkylation sites (N-methyl/N-ethyl adjacent to an activating group) is 1. The van der Waals surface area contributed by atoms with E-state index in [-0.39, 0.29) is 5.82 Å². The molecule has 0 amide bonds. The smallest absolute Gasteiger partial charge is 0.230 e. The molecular formula is C20H20BrFN4O2. The molecule has 0 spiro atoms. The van der Waals surface area contributed by atoms with Gasteiger partial charge in [-0.3, -0.25) is 0 Å². The van der Waals surface area contributed by atoms with Crippen LogP contribution in [0.25, 0.3) is 10.9 Å². The van der Waals surface area contributed by atoms with Gasteiger partial charge in [-0.25, -0.2) is 14.4 Å². The first-order valence-corrected chi connectivity index (χ1v) is 9.73. The molecule has 1 aliphatic heterocycles. The molecule has 4 rings (SSSR count). The molecule has 0 radical (unpaired) electrons. The molecule has 1 aliphatic rings. The van der Waals surface area contributed by atoms with Crippen LogP contribution in [0.15, 0.2) is 41.1 Å². The van der Waals surface area contributed by atoms with Gasteiger partial charge in [0.25, 0.3) is 0 Å². The molecule has 28 heavy (non-hydrogen) atoms. The first kappa shape index (κ1) is 18.9. The number of rotatable bonds is 4. The SMILES string of the molecule is COc1cc2c(Oc3ccc(F)cc3Br)ncnc2cc1N1CCN(C)CC1. The number of piperazine rings is 1. The average molecular weight is 447 g/mol. The van der Waals surface area contributed by atoms with E-state index in [2.05, 4.69) is 42.7 Å². The highest BCUT2D eigenvalue weighted by Crippen LogP contribution is 2.38. The molecule has 0 aliphatic carbocycles. The van der Waals surface area contributed by atoms with Crippen LogP contribution in [0.2, 0.25) is 0 Å². The number of methoxy groups -OCH3 is 1. The Balaban J connectivity index is 1.73. The number of halogens is 2. The number of hydrogen-bond acceptors (Lipinski definition) is 6. The van der Waals surface area contributed by atoms with E-state index in [9.17, 15) is 4.39 Å². The summed E-state index contributed by atoms with van der Waals surface area (Å²) in [5, 5.41) is 0.730. The third kappa shape index (κ3) is 3.74. The summed E-state index contributed by atoms with van der Waals surface area (Å²) >= 11 is 3.32. The maximum absolute atomic E-state index is 13.3. The Morgan fingerprint density at radius 3 is 2.54 bits per heavy atom. The van der Waals surface area contributed by atoms with Crippen molar-refractivity contribution >= 4 is 32.5 Å². The molecule has 6 nitrogen and oxygen atoms in total. The molecule has 3 aromatic rings. The number of anilines is 1. The van der Waals surface area contributed by atoms with Crippen molar-refractivity contribution < 1.29 is 13.9 Å². The molecule has 0 bridgehead atoms. The topological polar surface area (TPSA) is 50.7 Å². The Morgan fingerprint density at radius 1 is 1.04 bits per heavy atom. The lowest BCUT2D eigenvalue weighted by atomic mass is 10.1. The molecule has 1 fully saturated rings. The Morgan fingerprint density at radius 2 is 1.82 bits per heavy atom. The highest BCUT2D eigenvalue weighted by atomic mass is 79.9. The fourth-order valence-electron chi connectivity index (χ4n) is 3.25. The second-order valence-corrected chi connectivity index (χ2v) is 7.54. The van der Waals surface area contributed by atoms with E-state index in [1.165, 1.54) is 18.5 Å². The summed E-state index contributed by atoms with van der Waals surface area (Å²) in [7, 11) is 3.78. The lowest BCUT2D eigenvalue weighted by molar-refractivity contribution is 0.311. The molecule has 146 valence electrons. The molecule has 2 heterocycles. The molecule has 0 atom stereocenters. The monoisotopic (exact) mass is 446 g/mol. The predicted molar refractivity (Wildman–Crippen MR) is 110 cm³/mol. The van der Waals surface area contributed by atoms with Gasteiger partial charge in [-0.05, 0) is 53.3 Å². The van der Waals surface area contributed by atoms with Crippen molar-refractivity contribution in [1.29, 1.82) is 0 Å². The van der Waals surface area contributed by atoms with Crippen molar-refractivity contribution in [3.8, 4) is 17.4 Å². The van der Waals surface area contributed by atoms with E-state index < -0.39 is 0 Å². The van der Waals surface area contributed by atoms with E-state index in [0.29, 0.717) is 16.1 Å². The van der Waals surface area contributed by atoms with E-state index >= 15 is 0 Å². The summed E-state index contributed by atoms with van der Waals surface area (Å²) < 4.78 is 25.5. The van der Waals surface area contributed by atoms with Gasteiger partial charge in [-0.1, -0.05) is 0 Å². The van der Waals surface area contributed by atoms with Crippen LogP contribution in [0.4, 0.5) is 10.1 Å². The van der Waals surface area contributed by atoms with Crippen molar-refractivity contribution in [2.75, 3.05) is 45.2 Å². The normalized spacial score (nSPS) is 15.1. The lowest BCUT2D eigenvalue weighted by Crippen LogP contribution is -2.44. The van der Waals surface area contributed by atoms with Crippen molar-refractivity contribution in [2.45, 2.75) is 0 Å². The van der Waals surface area contributed by atoms with Gasteiger partial charge in [0.05, 0.1) is 28.2 Å². The molecule has 1 saturated heterocycles. The van der Waals surface area contributed by atoms with Crippen LogP contribution in [0.5, 0.6) is 17.4 Å². The molecular weight excluding hydrogens is 427 g/mol. The second-order valence-electron chi connectivity index (χ2n) is 6.69. The first-order chi connectivity index (χ1) is 13.5. The standard InChI is InChI=1S/C20H20BrFN4O2/c1-25-5-7-26(8-6-25)17-11-16-14(10-19(17)27-2)20(24-12-23-16)28-18-4-3-13(22)9-15(18)21/h3-4,9-12H,5-8H2,1-2H3. The van der Waals surface area contributed by atoms with Crippen LogP contribution in [0.3, 0.4) is 0 Å². The summed E-state index contributed by atoms with van der Waals surface area (Å²) in [5.41, 5.74) is 1.77. The minimum Gasteiger partial charge on any atom is -0.495 e. The zero-order valence-electron chi connectivity index (χ0n) is 15.7. The maximum atomic E-state index is 13.3. The van der Waals surface area contributed by atoms with Gasteiger partial charge in [0.1, 0.15) is 23.6 Å². The van der Waals surface area contributed by atoms with Gasteiger partial charge in [-0.15, -0.1) is 0 Å². The fourth-order valence-corrected chi connectivity index (χ4v) is 3.68. The minimum absolute atomic E-state index is 0.342. The van der Waals surface area contributed by atoms with Crippen molar-refractivity contribution in [1.82, 2.24) is 14.9 Å². The molecule has 0 saturated carbocycles. The summed E-state index contributed by atoms with van der Waals surface area (Å²) in [6, 6.07) is 8.16. The van der Waals surface area contributed by atoms with Crippen LogP contribution in [0, 0.1) is 5.82 Å². The Kier molecular flexibility index (Phi) is 5.32. The van der Waals surface area contributed by atoms with E-state index in [1.54, 1.807) is 13.2 Å². The number of benzene rings is 2. The van der Waals surface area contributed by atoms with Crippen molar-refractivity contribution in [3.63, 3.8) is 0 Å². The van der Waals surface area contributed by atoms with Crippen LogP contribution in [-0.4, -0.2) is 55.2 Å². The fraction of sp³-hybridized carbons (Fsp3) is 0.300. The van der Waals surface area contributed by atoms with Gasteiger partial charge in [-0.2, -0.15) is 0 Å². The Labute approximate surface area is 171 Å². The van der Waals surface area contributed by atoms with Crippen molar-refractivity contribution in [2.24, 2.45) is 0 Å². The third-order valence-corrected chi connectivity index (χ3v) is 5.46. The Bertz CT molecular complexity index is 1010. The van der Waals surface area contributed by atoms with Crippen LogP contribution in [0.1, 0.15) is 0 Å². The highest BCUT2D eigenvalue weighted by Gasteiger charge is 2.20. The zero-order chi connectivity index (χ0) is 19.7. The van der Waals surface area contributed by atoms with E-state index in [4.69, 9.17) is 9.47 Å². The van der Waals surface area contributed by atoms with Gasteiger partial charge in [0.2, 0.25) is 5.88 Å². The van der Waals surface area contributed by atoms with Gasteiger partial charge < -0.3 is 19.3 Å². The van der Waals surface area contributed by atoms with Crippen LogP contribution < -0.4 is 14.4 Å². The molecule has 0 unspecified atom stereocenters. The lowest BCUT2D eigenvalue weighted by Gasteiger charge is -2.34. The van der Waals surface area contributed by atoms with E-state index in [1.807, 2.05) is 12.1 Å². The number of aromatic nitrogens is 2. The molecule has 8 heteroatoms. The third-order valence-electron chi connectivity index (χ3n) is 4.84. The Hall–Kier alpha value is -2.45. The second kappa shape index (κ2) is 7.89. The highest BCUT2D eigenvalue weighted by molar-refractivity contribution is 9.10. The number of hydrogen-bond donors (Lipinski definition) is 0. The first-order valence-electron chi connectivity index (χ1n) is 8.94. The number of nitrogens with zero attached hydrogens (tertiary/aromatic N) is 4. The summed E-state index contributed by atoms with van der Waals surface area (Å²) in [6.45, 7) is 3.85. The quantitative estimate of drug-likeness (QED) is 0.601. The predicted octanol–water partition coefficient (Wildman–Crippen LogP) is 4.08. The largest absolute Gasteiger partial charge is 0.495 e. The number of fused-ring (bicyclic) bond motifs is 1. The van der Waals surface area contributed by atoms with Crippen LogP contribution in [-0.2, 0) is 0 Å². The summed E-state index contributed by atoms with van der Waals surface area (Å²) in [5.74, 6) is 1.27. The molecule has 0 N–H and O–H groups in total. The van der Waals surface area contributed by atoms with E-state index in [0.717, 1.165) is 48.5 Å². The summed E-state index contributed by atoms with van der Waals surface area (Å²) in [4.78, 5) is 13.3. The maximum Gasteiger partial charge on any atom is 0.230 e. The van der Waals surface area contributed by atoms with Gasteiger partial charge in [0.15, 0.2) is 0 Å². The minimum atomic E-state index is -0.342. The summed E-state index contributed by atoms with van der Waals surface area (Å²) in [6.07, 6.45) is 1.47. The molecule has 1 aromatic heterocycles. The van der Waals surface area contributed by atoms with Gasteiger partial charge >= 0.3 is 0 Å². The van der Waals surface area contributed by atoms with Gasteiger partial charge in [0, 0.05) is 26.2 Å². The number of ether oxygens (including phenoxy) is 2. The average Bonchev–Trinajstić information content (AvgIpc) is 2.70. The van der Waals surface area contributed by atoms with Crippen molar-refractivity contribution in [3.05, 3.63) is 46.9 Å².